The number of rotatable bonds is 4. The number of para-hydroxylation sites is 2. The predicted molar refractivity (Wildman–Crippen MR) is 104 cm³/mol. The zero-order valence-electron chi connectivity index (χ0n) is 14.5. The van der Waals surface area contributed by atoms with Crippen molar-refractivity contribution >= 4 is 27.7 Å². The molecule has 0 unspecified atom stereocenters. The van der Waals surface area contributed by atoms with Crippen molar-refractivity contribution in [3.63, 3.8) is 0 Å². The van der Waals surface area contributed by atoms with Crippen molar-refractivity contribution in [2.24, 2.45) is 7.05 Å². The number of nitrogens with zero attached hydrogens (tertiary/aromatic N) is 1. The van der Waals surface area contributed by atoms with Gasteiger partial charge in [-0.3, -0.25) is 9.59 Å². The van der Waals surface area contributed by atoms with Crippen LogP contribution in [0.3, 0.4) is 0 Å². The van der Waals surface area contributed by atoms with Gasteiger partial charge in [0.2, 0.25) is 0 Å². The fourth-order valence-electron chi connectivity index (χ4n) is 3.34. The van der Waals surface area contributed by atoms with Gasteiger partial charge in [-0.2, -0.15) is 0 Å². The van der Waals surface area contributed by atoms with E-state index in [9.17, 15) is 9.59 Å². The lowest BCUT2D eigenvalue weighted by atomic mass is 10.1. The highest BCUT2D eigenvalue weighted by Crippen LogP contribution is 2.18. The Morgan fingerprint density at radius 1 is 1.08 bits per heavy atom. The fraction of sp³-hybridized carbons (Fsp3) is 0.143. The molecule has 4 rings (SSSR count). The summed E-state index contributed by atoms with van der Waals surface area (Å²) in [5.74, 6) is -0.223. The average Bonchev–Trinajstić information content (AvgIpc) is 3.08. The number of carbonyl (C=O) groups is 1. The molecule has 0 spiro atoms. The fourth-order valence-corrected chi connectivity index (χ4v) is 3.34. The van der Waals surface area contributed by atoms with Gasteiger partial charge in [0, 0.05) is 42.1 Å². The molecule has 0 aliphatic rings. The number of pyridine rings is 1. The molecule has 4 aromatic rings. The van der Waals surface area contributed by atoms with E-state index >= 15 is 0 Å². The second-order valence-electron chi connectivity index (χ2n) is 6.34. The van der Waals surface area contributed by atoms with Crippen molar-refractivity contribution in [2.75, 3.05) is 6.54 Å². The van der Waals surface area contributed by atoms with E-state index in [1.807, 2.05) is 48.7 Å². The molecule has 130 valence electrons. The van der Waals surface area contributed by atoms with Crippen LogP contribution in [0.5, 0.6) is 0 Å². The molecule has 5 nitrogen and oxygen atoms in total. The summed E-state index contributed by atoms with van der Waals surface area (Å²) in [5.41, 5.74) is 3.23. The summed E-state index contributed by atoms with van der Waals surface area (Å²) in [6.07, 6.45) is 2.70. The Labute approximate surface area is 150 Å². The number of aryl methyl sites for hydroxylation is 1. The summed E-state index contributed by atoms with van der Waals surface area (Å²) < 4.78 is 1.55. The maximum absolute atomic E-state index is 12.6. The van der Waals surface area contributed by atoms with Crippen LogP contribution in [0.2, 0.25) is 0 Å². The first kappa shape index (κ1) is 16.1. The van der Waals surface area contributed by atoms with Crippen LogP contribution in [0.4, 0.5) is 0 Å². The standard InChI is InChI=1S/C21H19N3O2/c1-24-19-9-5-3-7-16(19)17(12-20(24)25)21(26)22-11-10-14-13-23-18-8-4-2-6-15(14)18/h2-9,12-13,23H,10-11H2,1H3,(H,22,26). The first-order chi connectivity index (χ1) is 12.6. The van der Waals surface area contributed by atoms with Crippen LogP contribution in [0.1, 0.15) is 15.9 Å². The smallest absolute Gasteiger partial charge is 0.252 e. The van der Waals surface area contributed by atoms with E-state index < -0.39 is 0 Å². The number of aromatic nitrogens is 2. The maximum Gasteiger partial charge on any atom is 0.252 e. The van der Waals surface area contributed by atoms with E-state index in [-0.39, 0.29) is 11.5 Å². The van der Waals surface area contributed by atoms with E-state index in [4.69, 9.17) is 0 Å². The molecule has 0 atom stereocenters. The molecule has 0 aliphatic heterocycles. The Hall–Kier alpha value is -3.34. The lowest BCUT2D eigenvalue weighted by Gasteiger charge is -2.10. The van der Waals surface area contributed by atoms with Gasteiger partial charge in [-0.05, 0) is 24.1 Å². The summed E-state index contributed by atoms with van der Waals surface area (Å²) in [4.78, 5) is 28.0. The Morgan fingerprint density at radius 3 is 2.65 bits per heavy atom. The van der Waals surface area contributed by atoms with Crippen molar-refractivity contribution < 1.29 is 4.79 Å². The number of fused-ring (bicyclic) bond motifs is 2. The lowest BCUT2D eigenvalue weighted by Crippen LogP contribution is -2.28. The molecule has 5 heteroatoms. The predicted octanol–water partition coefficient (Wildman–Crippen LogP) is 2.99. The quantitative estimate of drug-likeness (QED) is 0.597. The average molecular weight is 345 g/mol. The third-order valence-electron chi connectivity index (χ3n) is 4.75. The van der Waals surface area contributed by atoms with Gasteiger partial charge in [-0.15, -0.1) is 0 Å². The van der Waals surface area contributed by atoms with Gasteiger partial charge in [0.05, 0.1) is 11.1 Å². The molecule has 26 heavy (non-hydrogen) atoms. The van der Waals surface area contributed by atoms with Gasteiger partial charge >= 0.3 is 0 Å². The summed E-state index contributed by atoms with van der Waals surface area (Å²) in [6.45, 7) is 0.504. The van der Waals surface area contributed by atoms with E-state index in [1.165, 1.54) is 11.5 Å². The highest BCUT2D eigenvalue weighted by Gasteiger charge is 2.13. The number of H-pyrrole nitrogens is 1. The number of hydrogen-bond acceptors (Lipinski definition) is 2. The van der Waals surface area contributed by atoms with Gasteiger partial charge in [0.1, 0.15) is 0 Å². The van der Waals surface area contributed by atoms with Crippen LogP contribution in [0.25, 0.3) is 21.8 Å². The minimum atomic E-state index is -0.223. The Morgan fingerprint density at radius 2 is 1.81 bits per heavy atom. The van der Waals surface area contributed by atoms with Crippen molar-refractivity contribution in [1.29, 1.82) is 0 Å². The number of nitrogens with one attached hydrogen (secondary N) is 2. The summed E-state index contributed by atoms with van der Waals surface area (Å²) in [6, 6.07) is 16.9. The first-order valence-corrected chi connectivity index (χ1v) is 8.57. The SMILES string of the molecule is Cn1c(=O)cc(C(=O)NCCc2c[nH]c3ccccc23)c2ccccc21. The number of benzene rings is 2. The van der Waals surface area contributed by atoms with E-state index in [1.54, 1.807) is 11.6 Å². The number of aromatic amines is 1. The number of carbonyl (C=O) groups excluding carboxylic acids is 1. The van der Waals surface area contributed by atoms with Crippen molar-refractivity contribution in [3.05, 3.63) is 82.3 Å². The number of hydrogen-bond donors (Lipinski definition) is 2. The second-order valence-corrected chi connectivity index (χ2v) is 6.34. The molecular formula is C21H19N3O2. The summed E-state index contributed by atoms with van der Waals surface area (Å²) in [7, 11) is 1.71. The van der Waals surface area contributed by atoms with E-state index in [2.05, 4.69) is 16.4 Å². The molecule has 2 aromatic heterocycles. The molecule has 2 heterocycles. The van der Waals surface area contributed by atoms with Crippen molar-refractivity contribution in [3.8, 4) is 0 Å². The highest BCUT2D eigenvalue weighted by atomic mass is 16.2. The zero-order valence-corrected chi connectivity index (χ0v) is 14.5. The van der Waals surface area contributed by atoms with Crippen LogP contribution in [0, 0.1) is 0 Å². The van der Waals surface area contributed by atoms with Crippen molar-refractivity contribution in [1.82, 2.24) is 14.9 Å². The van der Waals surface area contributed by atoms with E-state index in [0.29, 0.717) is 12.1 Å². The monoisotopic (exact) mass is 345 g/mol. The lowest BCUT2D eigenvalue weighted by molar-refractivity contribution is 0.0955. The molecular weight excluding hydrogens is 326 g/mol. The Kier molecular flexibility index (Phi) is 4.05. The first-order valence-electron chi connectivity index (χ1n) is 8.57. The van der Waals surface area contributed by atoms with Crippen LogP contribution >= 0.6 is 0 Å². The molecule has 0 bridgehead atoms. The number of amides is 1. The molecule has 0 fully saturated rings. The van der Waals surface area contributed by atoms with Crippen LogP contribution < -0.4 is 10.9 Å². The molecule has 1 amide bonds. The van der Waals surface area contributed by atoms with Crippen LogP contribution in [-0.4, -0.2) is 22.0 Å². The third-order valence-corrected chi connectivity index (χ3v) is 4.75. The van der Waals surface area contributed by atoms with Crippen LogP contribution in [-0.2, 0) is 13.5 Å². The normalized spacial score (nSPS) is 11.1. The van der Waals surface area contributed by atoms with Gasteiger partial charge in [-0.1, -0.05) is 36.4 Å². The second kappa shape index (κ2) is 6.52. The largest absolute Gasteiger partial charge is 0.361 e. The zero-order chi connectivity index (χ0) is 18.1. The summed E-state index contributed by atoms with van der Waals surface area (Å²) in [5, 5.41) is 4.88. The highest BCUT2D eigenvalue weighted by molar-refractivity contribution is 6.06. The van der Waals surface area contributed by atoms with Gasteiger partial charge in [0.25, 0.3) is 11.5 Å². The van der Waals surface area contributed by atoms with Crippen LogP contribution in [0.15, 0.2) is 65.6 Å². The van der Waals surface area contributed by atoms with Crippen molar-refractivity contribution in [2.45, 2.75) is 6.42 Å². The van der Waals surface area contributed by atoms with Gasteiger partial charge in [0.15, 0.2) is 0 Å². The maximum atomic E-state index is 12.6. The molecule has 0 saturated heterocycles. The Bertz CT molecular complexity index is 1170. The minimum absolute atomic E-state index is 0.189. The topological polar surface area (TPSA) is 66.9 Å². The minimum Gasteiger partial charge on any atom is -0.361 e. The molecule has 0 radical (unpaired) electrons. The van der Waals surface area contributed by atoms with Gasteiger partial charge in [-0.25, -0.2) is 0 Å². The molecule has 0 aliphatic carbocycles. The summed E-state index contributed by atoms with van der Waals surface area (Å²) >= 11 is 0. The van der Waals surface area contributed by atoms with Gasteiger partial charge < -0.3 is 14.9 Å². The third kappa shape index (κ3) is 2.77. The Balaban J connectivity index is 1.55. The molecule has 0 saturated carbocycles. The molecule has 2 aromatic carbocycles. The van der Waals surface area contributed by atoms with E-state index in [0.717, 1.165) is 28.4 Å². The molecule has 2 N–H and O–H groups in total.